The molecule has 0 saturated carbocycles. The molecule has 2 atom stereocenters. The lowest BCUT2D eigenvalue weighted by atomic mass is 10.1. The van der Waals surface area contributed by atoms with Crippen molar-refractivity contribution < 1.29 is 19.4 Å². The number of amides is 1. The Morgan fingerprint density at radius 3 is 2.62 bits per heavy atom. The lowest BCUT2D eigenvalue weighted by Crippen LogP contribution is -2.44. The van der Waals surface area contributed by atoms with Gasteiger partial charge in [0, 0.05) is 46.4 Å². The molecular weight excluding hydrogens is 334 g/mol. The average Bonchev–Trinajstić information content (AvgIpc) is 2.95. The van der Waals surface area contributed by atoms with Crippen LogP contribution in [0.15, 0.2) is 24.3 Å². The Labute approximate surface area is 154 Å². The molecule has 1 amide bonds. The van der Waals surface area contributed by atoms with Crippen molar-refractivity contribution in [1.29, 1.82) is 0 Å². The quantitative estimate of drug-likeness (QED) is 0.701. The van der Waals surface area contributed by atoms with Crippen LogP contribution in [0.4, 0.5) is 0 Å². The number of β-amino-alcohol motifs (C(OH)–C–C–N with tert-alkyl or cyclic N) is 1. The molecule has 1 aromatic carbocycles. The summed E-state index contributed by atoms with van der Waals surface area (Å²) in [6.45, 7) is 6.50. The predicted molar refractivity (Wildman–Crippen MR) is 97.6 cm³/mol. The first-order valence-electron chi connectivity index (χ1n) is 9.20. The van der Waals surface area contributed by atoms with E-state index in [0.29, 0.717) is 13.1 Å². The minimum Gasteiger partial charge on any atom is -0.390 e. The summed E-state index contributed by atoms with van der Waals surface area (Å²) < 4.78 is 10.2. The fourth-order valence-electron chi connectivity index (χ4n) is 3.62. The van der Waals surface area contributed by atoms with Crippen LogP contribution in [0.3, 0.4) is 0 Å². The molecule has 3 rings (SSSR count). The van der Waals surface area contributed by atoms with Crippen molar-refractivity contribution in [2.75, 3.05) is 53.1 Å². The molecule has 0 spiro atoms. The van der Waals surface area contributed by atoms with E-state index in [0.717, 1.165) is 39.4 Å². The Morgan fingerprint density at radius 2 is 1.92 bits per heavy atom. The Bertz CT molecular complexity index is 592. The van der Waals surface area contributed by atoms with Gasteiger partial charge in [0.2, 0.25) is 5.91 Å². The maximum absolute atomic E-state index is 11.7. The molecule has 2 aliphatic rings. The third kappa shape index (κ3) is 5.49. The number of methoxy groups -OCH3 is 1. The maximum atomic E-state index is 11.7. The molecule has 0 radical (unpaired) electrons. The van der Waals surface area contributed by atoms with E-state index in [2.05, 4.69) is 39.4 Å². The molecule has 0 unspecified atom stereocenters. The van der Waals surface area contributed by atoms with Crippen LogP contribution in [0, 0.1) is 0 Å². The fourth-order valence-corrected chi connectivity index (χ4v) is 3.62. The SMILES string of the molecule is COCC(=O)N[C@@H]1CN(Cc2cccc(CN3CCOCC3)c2)C[C@H]1O. The number of benzene rings is 1. The normalized spacial score (nSPS) is 24.7. The smallest absolute Gasteiger partial charge is 0.246 e. The van der Waals surface area contributed by atoms with Crippen molar-refractivity contribution in [3.8, 4) is 0 Å². The number of hydrogen-bond acceptors (Lipinski definition) is 6. The van der Waals surface area contributed by atoms with Crippen molar-refractivity contribution in [1.82, 2.24) is 15.1 Å². The zero-order chi connectivity index (χ0) is 18.4. The number of likely N-dealkylation sites (tertiary alicyclic amines) is 1. The molecule has 2 heterocycles. The summed E-state index contributed by atoms with van der Waals surface area (Å²) in [4.78, 5) is 16.2. The molecule has 144 valence electrons. The monoisotopic (exact) mass is 363 g/mol. The minimum atomic E-state index is -0.549. The summed E-state index contributed by atoms with van der Waals surface area (Å²) in [6.07, 6.45) is -0.549. The highest BCUT2D eigenvalue weighted by molar-refractivity contribution is 5.77. The summed E-state index contributed by atoms with van der Waals surface area (Å²) in [5.74, 6) is -0.189. The highest BCUT2D eigenvalue weighted by Crippen LogP contribution is 2.16. The molecule has 2 fully saturated rings. The summed E-state index contributed by atoms with van der Waals surface area (Å²) in [7, 11) is 1.49. The predicted octanol–water partition coefficient (Wildman–Crippen LogP) is -0.173. The third-order valence-corrected chi connectivity index (χ3v) is 4.89. The molecular formula is C19H29N3O4. The third-order valence-electron chi connectivity index (χ3n) is 4.89. The zero-order valence-electron chi connectivity index (χ0n) is 15.4. The average molecular weight is 363 g/mol. The van der Waals surface area contributed by atoms with Gasteiger partial charge in [-0.2, -0.15) is 0 Å². The first kappa shape index (κ1) is 19.3. The molecule has 2 saturated heterocycles. The summed E-state index contributed by atoms with van der Waals surface area (Å²) in [6, 6.07) is 8.36. The van der Waals surface area contributed by atoms with Crippen molar-refractivity contribution in [3.05, 3.63) is 35.4 Å². The van der Waals surface area contributed by atoms with Crippen LogP contribution >= 0.6 is 0 Å². The number of morpholine rings is 1. The number of carbonyl (C=O) groups is 1. The fraction of sp³-hybridized carbons (Fsp3) is 0.632. The highest BCUT2D eigenvalue weighted by Gasteiger charge is 2.32. The van der Waals surface area contributed by atoms with Crippen molar-refractivity contribution in [3.63, 3.8) is 0 Å². The van der Waals surface area contributed by atoms with E-state index >= 15 is 0 Å². The number of carbonyl (C=O) groups excluding carboxylic acids is 1. The summed E-state index contributed by atoms with van der Waals surface area (Å²) in [5.41, 5.74) is 2.53. The number of hydrogen-bond donors (Lipinski definition) is 2. The Balaban J connectivity index is 1.52. The van der Waals surface area contributed by atoms with E-state index in [1.165, 1.54) is 18.2 Å². The van der Waals surface area contributed by atoms with Gasteiger partial charge in [-0.3, -0.25) is 14.6 Å². The van der Waals surface area contributed by atoms with Gasteiger partial charge in [0.15, 0.2) is 0 Å². The number of aliphatic hydroxyl groups is 1. The maximum Gasteiger partial charge on any atom is 0.246 e. The van der Waals surface area contributed by atoms with Gasteiger partial charge in [-0.25, -0.2) is 0 Å². The molecule has 26 heavy (non-hydrogen) atoms. The minimum absolute atomic E-state index is 0.0206. The number of aliphatic hydroxyl groups excluding tert-OH is 1. The second kappa shape index (κ2) is 9.43. The van der Waals surface area contributed by atoms with Gasteiger partial charge in [-0.05, 0) is 11.1 Å². The number of nitrogens with one attached hydrogen (secondary N) is 1. The molecule has 2 aliphatic heterocycles. The largest absolute Gasteiger partial charge is 0.390 e. The summed E-state index contributed by atoms with van der Waals surface area (Å²) in [5, 5.41) is 13.0. The van der Waals surface area contributed by atoms with Crippen LogP contribution in [0.25, 0.3) is 0 Å². The van der Waals surface area contributed by atoms with Crippen LogP contribution in [0.5, 0.6) is 0 Å². The lowest BCUT2D eigenvalue weighted by molar-refractivity contribution is -0.125. The number of ether oxygens (including phenoxy) is 2. The molecule has 2 N–H and O–H groups in total. The van der Waals surface area contributed by atoms with Crippen LogP contribution in [0.2, 0.25) is 0 Å². The van der Waals surface area contributed by atoms with Crippen LogP contribution in [-0.4, -0.2) is 86.1 Å². The van der Waals surface area contributed by atoms with Crippen LogP contribution < -0.4 is 5.32 Å². The number of nitrogens with zero attached hydrogens (tertiary/aromatic N) is 2. The van der Waals surface area contributed by atoms with Crippen molar-refractivity contribution in [2.24, 2.45) is 0 Å². The molecule has 7 nitrogen and oxygen atoms in total. The van der Waals surface area contributed by atoms with Gasteiger partial charge in [0.1, 0.15) is 6.61 Å². The zero-order valence-corrected chi connectivity index (χ0v) is 15.4. The van der Waals surface area contributed by atoms with Gasteiger partial charge in [-0.1, -0.05) is 24.3 Å². The standard InChI is InChI=1S/C19H29N3O4/c1-25-14-19(24)20-17-12-22(13-18(17)23)11-16-4-2-3-15(9-16)10-21-5-7-26-8-6-21/h2-4,9,17-18,23H,5-8,10-14H2,1H3,(H,20,24)/t17-,18-/m1/s1. The first-order chi connectivity index (χ1) is 12.6. The Morgan fingerprint density at radius 1 is 1.23 bits per heavy atom. The van der Waals surface area contributed by atoms with Crippen LogP contribution in [0.1, 0.15) is 11.1 Å². The second-order valence-corrected chi connectivity index (χ2v) is 7.08. The van der Waals surface area contributed by atoms with E-state index in [-0.39, 0.29) is 18.6 Å². The first-order valence-corrected chi connectivity index (χ1v) is 9.20. The van der Waals surface area contributed by atoms with E-state index in [1.54, 1.807) is 0 Å². The number of rotatable bonds is 7. The second-order valence-electron chi connectivity index (χ2n) is 7.08. The molecule has 0 bridgehead atoms. The highest BCUT2D eigenvalue weighted by atomic mass is 16.5. The Hall–Kier alpha value is -1.51. The van der Waals surface area contributed by atoms with Gasteiger partial charge in [-0.15, -0.1) is 0 Å². The topological polar surface area (TPSA) is 74.3 Å². The van der Waals surface area contributed by atoms with Gasteiger partial charge in [0.25, 0.3) is 0 Å². The van der Waals surface area contributed by atoms with E-state index in [1.807, 2.05) is 0 Å². The van der Waals surface area contributed by atoms with E-state index in [4.69, 9.17) is 9.47 Å². The molecule has 0 aliphatic carbocycles. The summed E-state index contributed by atoms with van der Waals surface area (Å²) >= 11 is 0. The Kier molecular flexibility index (Phi) is 6.99. The van der Waals surface area contributed by atoms with Gasteiger partial charge >= 0.3 is 0 Å². The van der Waals surface area contributed by atoms with Crippen LogP contribution in [-0.2, 0) is 27.4 Å². The molecule has 0 aromatic heterocycles. The van der Waals surface area contributed by atoms with Gasteiger partial charge in [0.05, 0.1) is 25.4 Å². The van der Waals surface area contributed by atoms with E-state index < -0.39 is 6.10 Å². The molecule has 7 heteroatoms. The molecule has 1 aromatic rings. The van der Waals surface area contributed by atoms with E-state index in [9.17, 15) is 9.90 Å². The van der Waals surface area contributed by atoms with Crippen molar-refractivity contribution in [2.45, 2.75) is 25.2 Å². The van der Waals surface area contributed by atoms with Crippen molar-refractivity contribution >= 4 is 5.91 Å². The lowest BCUT2D eigenvalue weighted by Gasteiger charge is -2.26. The van der Waals surface area contributed by atoms with Gasteiger partial charge < -0.3 is 19.9 Å².